The van der Waals surface area contributed by atoms with Gasteiger partial charge in [0.05, 0.1) is 25.6 Å². The lowest BCUT2D eigenvalue weighted by atomic mass is 10.2. The van der Waals surface area contributed by atoms with Gasteiger partial charge in [0.2, 0.25) is 5.88 Å². The molecule has 0 aliphatic heterocycles. The molecule has 1 aromatic rings. The van der Waals surface area contributed by atoms with Crippen LogP contribution in [0.3, 0.4) is 0 Å². The third-order valence-corrected chi connectivity index (χ3v) is 1.36. The molecular formula is C8H7N3O2. The van der Waals surface area contributed by atoms with Crippen LogP contribution in [0.4, 0.5) is 0 Å². The second kappa shape index (κ2) is 4.16. The Labute approximate surface area is 75.0 Å². The molecule has 0 radical (unpaired) electrons. The average Bonchev–Trinajstić information content (AvgIpc) is 2.18. The number of carbonyl (C=O) groups excluding carboxylic acids is 1. The van der Waals surface area contributed by atoms with Crippen molar-refractivity contribution in [2.24, 2.45) is 0 Å². The number of Topliss-reactive ketones (excluding diaryl/α,β-unsaturated/α-hetero) is 1. The van der Waals surface area contributed by atoms with Gasteiger partial charge in [-0.3, -0.25) is 4.79 Å². The maximum Gasteiger partial charge on any atom is 0.232 e. The first-order valence-electron chi connectivity index (χ1n) is 3.54. The number of ether oxygens (including phenoxy) is 1. The number of nitriles is 1. The number of hydrogen-bond acceptors (Lipinski definition) is 5. The van der Waals surface area contributed by atoms with Gasteiger partial charge in [-0.25, -0.2) is 9.97 Å². The second-order valence-electron chi connectivity index (χ2n) is 2.20. The van der Waals surface area contributed by atoms with Crippen LogP contribution in [0.1, 0.15) is 16.9 Å². The summed E-state index contributed by atoms with van der Waals surface area (Å²) in [4.78, 5) is 18.6. The molecule has 0 atom stereocenters. The van der Waals surface area contributed by atoms with Gasteiger partial charge in [0.15, 0.2) is 5.78 Å². The fourth-order valence-corrected chi connectivity index (χ4v) is 0.728. The van der Waals surface area contributed by atoms with Crippen LogP contribution in [-0.4, -0.2) is 22.9 Å². The van der Waals surface area contributed by atoms with Crippen molar-refractivity contribution in [2.45, 2.75) is 6.42 Å². The summed E-state index contributed by atoms with van der Waals surface area (Å²) in [5, 5.41) is 8.26. The van der Waals surface area contributed by atoms with E-state index in [4.69, 9.17) is 10.00 Å². The zero-order valence-electron chi connectivity index (χ0n) is 7.02. The van der Waals surface area contributed by atoms with Crippen LogP contribution in [-0.2, 0) is 0 Å². The van der Waals surface area contributed by atoms with Gasteiger partial charge in [0.1, 0.15) is 12.1 Å². The Balaban J connectivity index is 2.81. The molecule has 0 aliphatic carbocycles. The molecule has 1 rings (SSSR count). The number of carbonyl (C=O) groups is 1. The van der Waals surface area contributed by atoms with E-state index in [2.05, 4.69) is 9.97 Å². The highest BCUT2D eigenvalue weighted by Crippen LogP contribution is 2.04. The Hall–Kier alpha value is -1.96. The number of aromatic nitrogens is 2. The van der Waals surface area contributed by atoms with E-state index in [1.54, 1.807) is 6.07 Å². The number of ketones is 1. The molecule has 13 heavy (non-hydrogen) atoms. The quantitative estimate of drug-likeness (QED) is 0.631. The molecule has 5 heteroatoms. The van der Waals surface area contributed by atoms with E-state index in [-0.39, 0.29) is 17.9 Å². The van der Waals surface area contributed by atoms with E-state index < -0.39 is 0 Å². The van der Waals surface area contributed by atoms with E-state index in [9.17, 15) is 4.79 Å². The van der Waals surface area contributed by atoms with E-state index in [1.807, 2.05) is 0 Å². The topological polar surface area (TPSA) is 75.9 Å². The molecule has 0 spiro atoms. The van der Waals surface area contributed by atoms with Crippen LogP contribution in [0.2, 0.25) is 0 Å². The van der Waals surface area contributed by atoms with Crippen molar-refractivity contribution in [3.8, 4) is 11.9 Å². The standard InChI is InChI=1S/C8H7N3O2/c1-13-8-5-10-6(4-11-8)7(12)2-3-9/h4-5H,2H2,1H3. The van der Waals surface area contributed by atoms with Crippen molar-refractivity contribution in [3.05, 3.63) is 18.1 Å². The number of hydrogen-bond donors (Lipinski definition) is 0. The molecule has 0 amide bonds. The molecule has 0 fully saturated rings. The summed E-state index contributed by atoms with van der Waals surface area (Å²) < 4.78 is 4.76. The first-order valence-corrected chi connectivity index (χ1v) is 3.54. The lowest BCUT2D eigenvalue weighted by Gasteiger charge is -1.97. The van der Waals surface area contributed by atoms with Crippen LogP contribution < -0.4 is 4.74 Å². The molecule has 1 aromatic heterocycles. The highest BCUT2D eigenvalue weighted by Gasteiger charge is 2.06. The van der Waals surface area contributed by atoms with E-state index in [1.165, 1.54) is 19.5 Å². The number of rotatable bonds is 3. The zero-order chi connectivity index (χ0) is 9.68. The van der Waals surface area contributed by atoms with Gasteiger partial charge in [-0.05, 0) is 0 Å². The molecule has 0 N–H and O–H groups in total. The smallest absolute Gasteiger partial charge is 0.232 e. The van der Waals surface area contributed by atoms with E-state index in [0.29, 0.717) is 5.88 Å². The Morgan fingerprint density at radius 1 is 1.62 bits per heavy atom. The summed E-state index contributed by atoms with van der Waals surface area (Å²) in [7, 11) is 1.46. The fraction of sp³-hybridized carbons (Fsp3) is 0.250. The third-order valence-electron chi connectivity index (χ3n) is 1.36. The van der Waals surface area contributed by atoms with Crippen LogP contribution in [0, 0.1) is 11.3 Å². The Morgan fingerprint density at radius 2 is 2.38 bits per heavy atom. The summed E-state index contributed by atoms with van der Waals surface area (Å²) in [6.45, 7) is 0. The van der Waals surface area contributed by atoms with E-state index >= 15 is 0 Å². The molecule has 0 aliphatic rings. The van der Waals surface area contributed by atoms with E-state index in [0.717, 1.165) is 0 Å². The minimum absolute atomic E-state index is 0.180. The molecule has 0 bridgehead atoms. The highest BCUT2D eigenvalue weighted by atomic mass is 16.5. The molecule has 0 saturated heterocycles. The van der Waals surface area contributed by atoms with Crippen LogP contribution >= 0.6 is 0 Å². The number of nitrogens with zero attached hydrogens (tertiary/aromatic N) is 3. The van der Waals surface area contributed by atoms with Gasteiger partial charge in [-0.1, -0.05) is 0 Å². The van der Waals surface area contributed by atoms with Gasteiger partial charge in [0, 0.05) is 0 Å². The first kappa shape index (κ1) is 9.13. The molecule has 66 valence electrons. The van der Waals surface area contributed by atoms with Crippen LogP contribution in [0.25, 0.3) is 0 Å². The molecule has 5 nitrogen and oxygen atoms in total. The predicted molar refractivity (Wildman–Crippen MR) is 43.1 cm³/mol. The van der Waals surface area contributed by atoms with Gasteiger partial charge in [-0.2, -0.15) is 5.26 Å². The highest BCUT2D eigenvalue weighted by molar-refractivity contribution is 5.95. The van der Waals surface area contributed by atoms with Crippen molar-refractivity contribution in [1.82, 2.24) is 9.97 Å². The Kier molecular flexibility index (Phi) is 2.92. The maximum absolute atomic E-state index is 11.1. The van der Waals surface area contributed by atoms with Gasteiger partial charge < -0.3 is 4.74 Å². The van der Waals surface area contributed by atoms with Crippen molar-refractivity contribution >= 4 is 5.78 Å². The summed E-state index contributed by atoms with van der Waals surface area (Å²) in [5.74, 6) is 0.00570. The van der Waals surface area contributed by atoms with Crippen LogP contribution in [0.5, 0.6) is 5.88 Å². The largest absolute Gasteiger partial charge is 0.480 e. The number of methoxy groups -OCH3 is 1. The monoisotopic (exact) mass is 177 g/mol. The maximum atomic E-state index is 11.1. The van der Waals surface area contributed by atoms with Crippen molar-refractivity contribution in [2.75, 3.05) is 7.11 Å². The normalized spacial score (nSPS) is 8.92. The predicted octanol–water partition coefficient (Wildman–Crippen LogP) is 0.582. The van der Waals surface area contributed by atoms with Gasteiger partial charge in [0.25, 0.3) is 0 Å². The first-order chi connectivity index (χ1) is 6.27. The summed E-state index contributed by atoms with van der Waals surface area (Å²) in [5.41, 5.74) is 0.183. The Morgan fingerprint density at radius 3 is 2.85 bits per heavy atom. The van der Waals surface area contributed by atoms with Crippen molar-refractivity contribution < 1.29 is 9.53 Å². The SMILES string of the molecule is COc1cnc(C(=O)CC#N)cn1. The second-order valence-corrected chi connectivity index (χ2v) is 2.20. The fourth-order valence-electron chi connectivity index (χ4n) is 0.728. The molecule has 1 heterocycles. The van der Waals surface area contributed by atoms with Crippen LogP contribution in [0.15, 0.2) is 12.4 Å². The molecular weight excluding hydrogens is 170 g/mol. The van der Waals surface area contributed by atoms with Crippen molar-refractivity contribution in [3.63, 3.8) is 0 Å². The minimum Gasteiger partial charge on any atom is -0.480 e. The third kappa shape index (κ3) is 2.24. The summed E-state index contributed by atoms with van der Waals surface area (Å²) >= 11 is 0. The molecule has 0 saturated carbocycles. The molecule has 0 unspecified atom stereocenters. The summed E-state index contributed by atoms with van der Waals surface area (Å²) in [6, 6.07) is 1.75. The Bertz CT molecular complexity index is 339. The zero-order valence-corrected chi connectivity index (χ0v) is 7.02. The minimum atomic E-state index is -0.336. The van der Waals surface area contributed by atoms with Gasteiger partial charge >= 0.3 is 0 Å². The van der Waals surface area contributed by atoms with Gasteiger partial charge in [-0.15, -0.1) is 0 Å². The average molecular weight is 177 g/mol. The summed E-state index contributed by atoms with van der Waals surface area (Å²) in [6.07, 6.45) is 2.45. The molecule has 0 aromatic carbocycles. The lowest BCUT2D eigenvalue weighted by molar-refractivity contribution is 0.0992. The van der Waals surface area contributed by atoms with Crippen molar-refractivity contribution in [1.29, 1.82) is 5.26 Å². The lowest BCUT2D eigenvalue weighted by Crippen LogP contribution is -2.02.